The molecule has 0 saturated heterocycles. The molecule has 0 aliphatic carbocycles. The first-order valence-corrected chi connectivity index (χ1v) is 7.70. The van der Waals surface area contributed by atoms with Crippen molar-refractivity contribution in [2.45, 2.75) is 0 Å². The topological polar surface area (TPSA) is 105 Å². The molecule has 1 aromatic carbocycles. The van der Waals surface area contributed by atoms with E-state index in [4.69, 9.17) is 14.2 Å². The lowest BCUT2D eigenvalue weighted by Gasteiger charge is -2.18. The summed E-state index contributed by atoms with van der Waals surface area (Å²) in [6.07, 6.45) is 0. The van der Waals surface area contributed by atoms with Crippen molar-refractivity contribution in [3.8, 4) is 11.5 Å². The molecule has 0 unspecified atom stereocenters. The van der Waals surface area contributed by atoms with Gasteiger partial charge in [-0.2, -0.15) is 0 Å². The van der Waals surface area contributed by atoms with Crippen LogP contribution in [0.5, 0.6) is 11.5 Å². The molecule has 2 heterocycles. The molecule has 2 aromatic rings. The maximum Gasteiger partial charge on any atom is 0.349 e. The molecule has 0 N–H and O–H groups in total. The van der Waals surface area contributed by atoms with Crippen LogP contribution in [0.15, 0.2) is 30.3 Å². The van der Waals surface area contributed by atoms with Crippen molar-refractivity contribution >= 4 is 28.1 Å². The number of nitrogens with zero attached hydrogens (tertiary/aromatic N) is 1. The molecule has 3 rings (SSSR count). The van der Waals surface area contributed by atoms with Crippen LogP contribution < -0.4 is 9.47 Å². The third-order valence-electron chi connectivity index (χ3n) is 3.17. The summed E-state index contributed by atoms with van der Waals surface area (Å²) in [5.74, 6) is -0.168. The molecule has 9 heteroatoms. The molecule has 0 radical (unpaired) electrons. The lowest BCUT2D eigenvalue weighted by molar-refractivity contribution is -0.380. The monoisotopic (exact) mass is 349 g/mol. The van der Waals surface area contributed by atoms with Crippen LogP contribution in [0.3, 0.4) is 0 Å². The molecule has 0 bridgehead atoms. The fourth-order valence-corrected chi connectivity index (χ4v) is 2.75. The largest absolute Gasteiger partial charge is 0.486 e. The van der Waals surface area contributed by atoms with E-state index in [-0.39, 0.29) is 9.88 Å². The molecule has 0 spiro atoms. The van der Waals surface area contributed by atoms with Gasteiger partial charge in [-0.25, -0.2) is 4.79 Å². The number of Topliss-reactive ketones (excluding diaryl/α,β-unsaturated/α-hetero) is 1. The number of carbonyl (C=O) groups excluding carboxylic acids is 2. The van der Waals surface area contributed by atoms with E-state index in [0.717, 1.165) is 0 Å². The van der Waals surface area contributed by atoms with Crippen molar-refractivity contribution in [3.05, 3.63) is 50.9 Å². The maximum atomic E-state index is 12.1. The normalized spacial score (nSPS) is 12.5. The zero-order valence-electron chi connectivity index (χ0n) is 12.2. The maximum absolute atomic E-state index is 12.1. The number of carbonyl (C=O) groups is 2. The van der Waals surface area contributed by atoms with Gasteiger partial charge in [0.25, 0.3) is 0 Å². The Bertz CT molecular complexity index is 814. The lowest BCUT2D eigenvalue weighted by atomic mass is 10.1. The van der Waals surface area contributed by atoms with Crippen molar-refractivity contribution in [1.29, 1.82) is 0 Å². The zero-order chi connectivity index (χ0) is 17.1. The minimum atomic E-state index is -0.779. The van der Waals surface area contributed by atoms with Crippen molar-refractivity contribution in [2.75, 3.05) is 19.8 Å². The second kappa shape index (κ2) is 6.67. The molecule has 1 aromatic heterocycles. The van der Waals surface area contributed by atoms with E-state index in [0.29, 0.717) is 41.6 Å². The molecular weight excluding hydrogens is 338 g/mol. The van der Waals surface area contributed by atoms with Crippen LogP contribution in [0.1, 0.15) is 20.0 Å². The Morgan fingerprint density at radius 1 is 1.17 bits per heavy atom. The van der Waals surface area contributed by atoms with E-state index in [1.807, 2.05) is 0 Å². The van der Waals surface area contributed by atoms with Gasteiger partial charge in [0.2, 0.25) is 0 Å². The van der Waals surface area contributed by atoms with Gasteiger partial charge in [-0.1, -0.05) is 11.3 Å². The van der Waals surface area contributed by atoms with Crippen LogP contribution in [-0.2, 0) is 4.74 Å². The average molecular weight is 349 g/mol. The minimum Gasteiger partial charge on any atom is -0.486 e. The Morgan fingerprint density at radius 2 is 1.92 bits per heavy atom. The Labute approximate surface area is 139 Å². The molecule has 24 heavy (non-hydrogen) atoms. The Morgan fingerprint density at radius 3 is 2.62 bits per heavy atom. The number of fused-ring (bicyclic) bond motifs is 1. The third kappa shape index (κ3) is 3.35. The van der Waals surface area contributed by atoms with Gasteiger partial charge in [-0.05, 0) is 24.3 Å². The second-order valence-corrected chi connectivity index (χ2v) is 5.81. The molecule has 1 aliphatic heterocycles. The number of ketones is 1. The molecule has 8 nitrogen and oxygen atoms in total. The fourth-order valence-electron chi connectivity index (χ4n) is 2.04. The molecular formula is C15H11NO7S. The van der Waals surface area contributed by atoms with Gasteiger partial charge in [0.1, 0.15) is 18.1 Å². The van der Waals surface area contributed by atoms with Gasteiger partial charge in [0.05, 0.1) is 4.92 Å². The quantitative estimate of drug-likeness (QED) is 0.353. The molecule has 0 saturated carbocycles. The summed E-state index contributed by atoms with van der Waals surface area (Å²) in [5.41, 5.74) is 0.323. The van der Waals surface area contributed by atoms with Crippen molar-refractivity contribution < 1.29 is 28.7 Å². The van der Waals surface area contributed by atoms with Crippen LogP contribution in [0.25, 0.3) is 0 Å². The number of thiophene rings is 1. The van der Waals surface area contributed by atoms with Crippen LogP contribution in [-0.4, -0.2) is 36.5 Å². The highest BCUT2D eigenvalue weighted by molar-refractivity contribution is 7.17. The number of hydrogen-bond donors (Lipinski definition) is 0. The number of nitro groups is 1. The Kier molecular flexibility index (Phi) is 4.43. The van der Waals surface area contributed by atoms with E-state index in [1.165, 1.54) is 18.2 Å². The summed E-state index contributed by atoms with van der Waals surface area (Å²) in [7, 11) is 0. The molecule has 1 aliphatic rings. The van der Waals surface area contributed by atoms with Crippen LogP contribution in [0, 0.1) is 10.1 Å². The van der Waals surface area contributed by atoms with E-state index in [9.17, 15) is 19.7 Å². The third-order valence-corrected chi connectivity index (χ3v) is 4.19. The number of ether oxygens (including phenoxy) is 3. The van der Waals surface area contributed by atoms with E-state index in [2.05, 4.69) is 0 Å². The Hall–Kier alpha value is -2.94. The molecule has 0 atom stereocenters. The second-order valence-electron chi connectivity index (χ2n) is 4.75. The highest BCUT2D eigenvalue weighted by Crippen LogP contribution is 2.31. The van der Waals surface area contributed by atoms with E-state index < -0.39 is 23.3 Å². The first-order chi connectivity index (χ1) is 11.5. The van der Waals surface area contributed by atoms with Crippen LogP contribution >= 0.6 is 11.3 Å². The number of hydrogen-bond acceptors (Lipinski definition) is 8. The highest BCUT2D eigenvalue weighted by atomic mass is 32.1. The first kappa shape index (κ1) is 15.9. The number of esters is 1. The molecule has 0 amide bonds. The van der Waals surface area contributed by atoms with Crippen LogP contribution in [0.2, 0.25) is 0 Å². The van der Waals surface area contributed by atoms with Crippen LogP contribution in [0.4, 0.5) is 5.00 Å². The van der Waals surface area contributed by atoms with Gasteiger partial charge in [-0.3, -0.25) is 14.9 Å². The van der Waals surface area contributed by atoms with E-state index in [1.54, 1.807) is 12.1 Å². The summed E-state index contributed by atoms with van der Waals surface area (Å²) in [5, 5.41) is 10.4. The van der Waals surface area contributed by atoms with Gasteiger partial charge in [0, 0.05) is 11.6 Å². The summed E-state index contributed by atoms with van der Waals surface area (Å²) in [6, 6.07) is 7.20. The van der Waals surface area contributed by atoms with Crippen molar-refractivity contribution in [2.24, 2.45) is 0 Å². The predicted molar refractivity (Wildman–Crippen MR) is 83.0 cm³/mol. The summed E-state index contributed by atoms with van der Waals surface area (Å²) in [4.78, 5) is 34.0. The van der Waals surface area contributed by atoms with Gasteiger partial charge in [0.15, 0.2) is 23.9 Å². The Balaban J connectivity index is 1.62. The summed E-state index contributed by atoms with van der Waals surface area (Å²) in [6.45, 7) is 0.381. The highest BCUT2D eigenvalue weighted by Gasteiger charge is 2.19. The van der Waals surface area contributed by atoms with E-state index >= 15 is 0 Å². The zero-order valence-corrected chi connectivity index (χ0v) is 13.0. The molecule has 0 fully saturated rings. The van der Waals surface area contributed by atoms with Crippen molar-refractivity contribution in [3.63, 3.8) is 0 Å². The molecule has 124 valence electrons. The minimum absolute atomic E-state index is 0.0664. The fraction of sp³-hybridized carbons (Fsp3) is 0.200. The summed E-state index contributed by atoms with van der Waals surface area (Å²) < 4.78 is 15.7. The smallest absolute Gasteiger partial charge is 0.349 e. The van der Waals surface area contributed by atoms with Crippen molar-refractivity contribution in [1.82, 2.24) is 0 Å². The number of benzene rings is 1. The number of rotatable bonds is 5. The SMILES string of the molecule is O=C(COC(=O)c1ccc([N+](=O)[O-])s1)c1ccc2c(c1)OCCO2. The first-order valence-electron chi connectivity index (χ1n) is 6.89. The summed E-state index contributed by atoms with van der Waals surface area (Å²) >= 11 is 0.694. The van der Waals surface area contributed by atoms with Gasteiger partial charge >= 0.3 is 11.0 Å². The standard InChI is InChI=1S/C15H11NO7S/c17-10(9-1-2-11-12(7-9)22-6-5-21-11)8-23-15(18)13-3-4-14(24-13)16(19)20/h1-4,7H,5-6,8H2. The predicted octanol–water partition coefficient (Wildman–Crippen LogP) is 2.47. The average Bonchev–Trinajstić information content (AvgIpc) is 3.09. The lowest BCUT2D eigenvalue weighted by Crippen LogP contribution is -2.17. The van der Waals surface area contributed by atoms with Gasteiger partial charge < -0.3 is 14.2 Å². The van der Waals surface area contributed by atoms with Gasteiger partial charge in [-0.15, -0.1) is 0 Å².